The summed E-state index contributed by atoms with van der Waals surface area (Å²) < 4.78 is 4.14. The Labute approximate surface area is 132 Å². The fourth-order valence-electron chi connectivity index (χ4n) is 2.09. The van der Waals surface area contributed by atoms with E-state index in [1.54, 1.807) is 0 Å². The summed E-state index contributed by atoms with van der Waals surface area (Å²) in [6.07, 6.45) is 0. The van der Waals surface area contributed by atoms with Crippen LogP contribution in [-0.4, -0.2) is 9.55 Å². The molecule has 0 fully saturated rings. The van der Waals surface area contributed by atoms with Crippen molar-refractivity contribution >= 4 is 54.5 Å². The number of benzene rings is 2. The fourth-order valence-corrected chi connectivity index (χ4v) is 3.01. The van der Waals surface area contributed by atoms with Gasteiger partial charge in [0.25, 0.3) is 0 Å². The number of hydrogen-bond acceptors (Lipinski definition) is 1. The van der Waals surface area contributed by atoms with Crippen LogP contribution in [0, 0.1) is 0 Å². The smallest absolute Gasteiger partial charge is 0.129 e. The van der Waals surface area contributed by atoms with Crippen molar-refractivity contribution in [1.29, 1.82) is 0 Å². The highest BCUT2D eigenvalue weighted by Crippen LogP contribution is 2.26. The average molecular weight is 401 g/mol. The van der Waals surface area contributed by atoms with E-state index >= 15 is 0 Å². The highest BCUT2D eigenvalue weighted by atomic mass is 79.9. The third kappa shape index (κ3) is 2.45. The molecule has 3 aromatic rings. The van der Waals surface area contributed by atoms with Crippen LogP contribution >= 0.6 is 43.5 Å². The lowest BCUT2D eigenvalue weighted by Crippen LogP contribution is -1.99. The first-order valence-corrected chi connectivity index (χ1v) is 7.80. The third-order valence-electron chi connectivity index (χ3n) is 2.87. The van der Waals surface area contributed by atoms with E-state index in [4.69, 9.17) is 11.6 Å². The second-order valence-corrected chi connectivity index (χ2v) is 6.21. The van der Waals surface area contributed by atoms with Gasteiger partial charge in [0.1, 0.15) is 5.82 Å². The van der Waals surface area contributed by atoms with Crippen molar-refractivity contribution in [2.24, 2.45) is 0 Å². The zero-order valence-electron chi connectivity index (χ0n) is 9.78. The summed E-state index contributed by atoms with van der Waals surface area (Å²) >= 11 is 13.0. The maximum absolute atomic E-state index is 6.03. The number of fused-ring (bicyclic) bond motifs is 1. The summed E-state index contributed by atoms with van der Waals surface area (Å²) in [5, 5.41) is 0. The molecule has 3 rings (SSSR count). The minimum absolute atomic E-state index is 0.374. The molecule has 0 amide bonds. The zero-order chi connectivity index (χ0) is 13.4. The van der Waals surface area contributed by atoms with Crippen LogP contribution in [-0.2, 0) is 5.88 Å². The van der Waals surface area contributed by atoms with Crippen molar-refractivity contribution in [2.45, 2.75) is 5.88 Å². The van der Waals surface area contributed by atoms with E-state index in [9.17, 15) is 0 Å². The van der Waals surface area contributed by atoms with E-state index < -0.39 is 0 Å². The SMILES string of the molecule is ClCc1nc2ccc(Br)cc2n1-c1cccc(Br)c1. The van der Waals surface area contributed by atoms with Gasteiger partial charge in [-0.25, -0.2) is 4.98 Å². The molecule has 0 radical (unpaired) electrons. The molecule has 96 valence electrons. The molecule has 1 heterocycles. The van der Waals surface area contributed by atoms with E-state index in [-0.39, 0.29) is 0 Å². The largest absolute Gasteiger partial charge is 0.295 e. The molecule has 0 spiro atoms. The van der Waals surface area contributed by atoms with Gasteiger partial charge in [0.15, 0.2) is 0 Å². The van der Waals surface area contributed by atoms with Crippen LogP contribution < -0.4 is 0 Å². The van der Waals surface area contributed by atoms with Gasteiger partial charge >= 0.3 is 0 Å². The number of hydrogen-bond donors (Lipinski definition) is 0. The Bertz CT molecular complexity index is 752. The Hall–Kier alpha value is -0.840. The molecule has 0 aliphatic heterocycles. The van der Waals surface area contributed by atoms with Crippen LogP contribution in [0.3, 0.4) is 0 Å². The number of aromatic nitrogens is 2. The standard InChI is InChI=1S/C14H9Br2ClN2/c15-9-2-1-3-11(6-9)19-13-7-10(16)4-5-12(13)18-14(19)8-17/h1-7H,8H2. The van der Waals surface area contributed by atoms with Crippen LogP contribution in [0.15, 0.2) is 51.4 Å². The van der Waals surface area contributed by atoms with Gasteiger partial charge in [0.2, 0.25) is 0 Å². The van der Waals surface area contributed by atoms with Gasteiger partial charge in [-0.05, 0) is 36.4 Å². The van der Waals surface area contributed by atoms with Gasteiger partial charge in [0.05, 0.1) is 16.9 Å². The normalized spacial score (nSPS) is 11.1. The summed E-state index contributed by atoms with van der Waals surface area (Å²) in [7, 11) is 0. The van der Waals surface area contributed by atoms with Crippen molar-refractivity contribution in [3.63, 3.8) is 0 Å². The fraction of sp³-hybridized carbons (Fsp3) is 0.0714. The number of alkyl halides is 1. The first-order valence-electron chi connectivity index (χ1n) is 5.68. The Morgan fingerprint density at radius 2 is 1.84 bits per heavy atom. The van der Waals surface area contributed by atoms with Gasteiger partial charge in [0, 0.05) is 14.6 Å². The maximum Gasteiger partial charge on any atom is 0.129 e. The number of nitrogens with zero attached hydrogens (tertiary/aromatic N) is 2. The molecule has 19 heavy (non-hydrogen) atoms. The second-order valence-electron chi connectivity index (χ2n) is 4.11. The molecule has 0 N–H and O–H groups in total. The molecule has 0 bridgehead atoms. The van der Waals surface area contributed by atoms with E-state index in [1.165, 1.54) is 0 Å². The minimum Gasteiger partial charge on any atom is -0.295 e. The molecule has 0 saturated carbocycles. The molecule has 0 aliphatic carbocycles. The summed E-state index contributed by atoms with van der Waals surface area (Å²) in [5.74, 6) is 1.21. The summed E-state index contributed by atoms with van der Waals surface area (Å²) in [4.78, 5) is 4.57. The Morgan fingerprint density at radius 3 is 2.58 bits per heavy atom. The van der Waals surface area contributed by atoms with Gasteiger partial charge in [-0.1, -0.05) is 37.9 Å². The van der Waals surface area contributed by atoms with Crippen molar-refractivity contribution in [3.05, 3.63) is 57.2 Å². The first-order chi connectivity index (χ1) is 9.19. The monoisotopic (exact) mass is 398 g/mol. The Kier molecular flexibility index (Phi) is 3.65. The molecule has 0 saturated heterocycles. The van der Waals surface area contributed by atoms with Crippen LogP contribution in [0.1, 0.15) is 5.82 Å². The number of rotatable bonds is 2. The van der Waals surface area contributed by atoms with Crippen molar-refractivity contribution < 1.29 is 0 Å². The lowest BCUT2D eigenvalue weighted by atomic mass is 10.3. The van der Waals surface area contributed by atoms with Crippen LogP contribution in [0.25, 0.3) is 16.7 Å². The van der Waals surface area contributed by atoms with Crippen molar-refractivity contribution in [1.82, 2.24) is 9.55 Å². The van der Waals surface area contributed by atoms with Crippen molar-refractivity contribution in [2.75, 3.05) is 0 Å². The van der Waals surface area contributed by atoms with E-state index in [0.717, 1.165) is 31.5 Å². The molecular formula is C14H9Br2ClN2. The van der Waals surface area contributed by atoms with E-state index in [1.807, 2.05) is 30.3 Å². The molecular weight excluding hydrogens is 391 g/mol. The quantitative estimate of drug-likeness (QED) is 0.535. The molecule has 1 aromatic heterocycles. The predicted octanol–water partition coefficient (Wildman–Crippen LogP) is 5.29. The highest BCUT2D eigenvalue weighted by molar-refractivity contribution is 9.10. The van der Waals surface area contributed by atoms with Gasteiger partial charge in [-0.3, -0.25) is 4.57 Å². The van der Waals surface area contributed by atoms with Gasteiger partial charge in [-0.2, -0.15) is 0 Å². The van der Waals surface area contributed by atoms with Crippen LogP contribution in [0.4, 0.5) is 0 Å². The molecule has 0 aliphatic rings. The molecule has 2 aromatic carbocycles. The lowest BCUT2D eigenvalue weighted by molar-refractivity contribution is 0.981. The number of halogens is 3. The topological polar surface area (TPSA) is 17.8 Å². The first kappa shape index (κ1) is 13.2. The summed E-state index contributed by atoms with van der Waals surface area (Å²) in [5.41, 5.74) is 3.03. The minimum atomic E-state index is 0.374. The summed E-state index contributed by atoms with van der Waals surface area (Å²) in [6.45, 7) is 0. The summed E-state index contributed by atoms with van der Waals surface area (Å²) in [6, 6.07) is 14.1. The highest BCUT2D eigenvalue weighted by Gasteiger charge is 2.12. The Morgan fingerprint density at radius 1 is 1.05 bits per heavy atom. The number of imidazole rings is 1. The second kappa shape index (κ2) is 5.27. The average Bonchev–Trinajstić information content (AvgIpc) is 2.76. The predicted molar refractivity (Wildman–Crippen MR) is 86.0 cm³/mol. The van der Waals surface area contributed by atoms with E-state index in [0.29, 0.717) is 5.88 Å². The maximum atomic E-state index is 6.03. The Balaban J connectivity index is 2.34. The molecule has 5 heteroatoms. The zero-order valence-corrected chi connectivity index (χ0v) is 13.7. The van der Waals surface area contributed by atoms with E-state index in [2.05, 4.69) is 53.5 Å². The third-order valence-corrected chi connectivity index (χ3v) is 4.10. The molecule has 0 unspecified atom stereocenters. The molecule has 2 nitrogen and oxygen atoms in total. The van der Waals surface area contributed by atoms with Gasteiger partial charge < -0.3 is 0 Å². The van der Waals surface area contributed by atoms with Gasteiger partial charge in [-0.15, -0.1) is 11.6 Å². The van der Waals surface area contributed by atoms with Crippen molar-refractivity contribution in [3.8, 4) is 5.69 Å². The molecule has 0 atom stereocenters. The van der Waals surface area contributed by atoms with Crippen LogP contribution in [0.2, 0.25) is 0 Å². The van der Waals surface area contributed by atoms with Crippen LogP contribution in [0.5, 0.6) is 0 Å². The lowest BCUT2D eigenvalue weighted by Gasteiger charge is -2.08.